The van der Waals surface area contributed by atoms with Crippen LogP contribution in [0.4, 0.5) is 0 Å². The minimum atomic E-state index is -0.735. The van der Waals surface area contributed by atoms with Crippen LogP contribution in [0.25, 0.3) is 11.1 Å². The summed E-state index contributed by atoms with van der Waals surface area (Å²) in [7, 11) is 0. The van der Waals surface area contributed by atoms with Gasteiger partial charge in [0.15, 0.2) is 6.61 Å². The first-order valence-electron chi connectivity index (χ1n) is 8.32. The van der Waals surface area contributed by atoms with E-state index in [4.69, 9.17) is 16.3 Å². The second kappa shape index (κ2) is 7.58. The van der Waals surface area contributed by atoms with Gasteiger partial charge >= 0.3 is 0 Å². The molecule has 0 bridgehead atoms. The van der Waals surface area contributed by atoms with E-state index in [1.165, 1.54) is 0 Å². The van der Waals surface area contributed by atoms with Crippen molar-refractivity contribution in [2.24, 2.45) is 0 Å². The van der Waals surface area contributed by atoms with Crippen LogP contribution in [0.15, 0.2) is 48.5 Å². The number of nitrogens with one attached hydrogen (secondary N) is 1. The predicted octanol–water partition coefficient (Wildman–Crippen LogP) is 4.34. The zero-order valence-electron chi connectivity index (χ0n) is 13.8. The normalized spacial score (nSPS) is 15.4. The van der Waals surface area contributed by atoms with Crippen molar-refractivity contribution >= 4 is 17.5 Å². The highest BCUT2D eigenvalue weighted by Gasteiger charge is 2.35. The van der Waals surface area contributed by atoms with E-state index >= 15 is 0 Å². The molecule has 0 heterocycles. The van der Waals surface area contributed by atoms with Crippen LogP contribution in [0.3, 0.4) is 0 Å². The molecule has 0 aliphatic heterocycles. The number of carbonyl (C=O) groups excluding carboxylic acids is 1. The van der Waals surface area contributed by atoms with E-state index < -0.39 is 5.54 Å². The molecule has 128 valence electrons. The summed E-state index contributed by atoms with van der Waals surface area (Å²) in [6.07, 6.45) is 3.31. The molecular weight excluding hydrogens is 336 g/mol. The topological polar surface area (TPSA) is 62.1 Å². The van der Waals surface area contributed by atoms with E-state index in [-0.39, 0.29) is 12.5 Å². The number of rotatable bonds is 5. The lowest BCUT2D eigenvalue weighted by Crippen LogP contribution is -2.47. The maximum atomic E-state index is 12.1. The Morgan fingerprint density at radius 1 is 1.16 bits per heavy atom. The van der Waals surface area contributed by atoms with Crippen molar-refractivity contribution in [2.45, 2.75) is 31.2 Å². The Morgan fingerprint density at radius 2 is 1.88 bits per heavy atom. The van der Waals surface area contributed by atoms with Gasteiger partial charge in [-0.05, 0) is 48.9 Å². The summed E-state index contributed by atoms with van der Waals surface area (Å²) in [5, 5.41) is 12.6. The van der Waals surface area contributed by atoms with Gasteiger partial charge in [-0.15, -0.1) is 0 Å². The fourth-order valence-corrected chi connectivity index (χ4v) is 3.35. The summed E-state index contributed by atoms with van der Waals surface area (Å²) < 4.78 is 5.54. The standard InChI is InChI=1S/C20H19ClN2O2/c21-17-12-16(15-6-2-1-3-7-15)8-9-18(17)25-13-19(24)23-20(14-22)10-4-5-11-20/h1-3,6-9,12H,4-5,10-11,13H2,(H,23,24). The third-order valence-electron chi connectivity index (χ3n) is 4.45. The van der Waals surface area contributed by atoms with E-state index in [1.807, 2.05) is 42.5 Å². The molecule has 2 aromatic rings. The molecule has 1 aliphatic carbocycles. The van der Waals surface area contributed by atoms with Crippen LogP contribution >= 0.6 is 11.6 Å². The van der Waals surface area contributed by atoms with Crippen molar-refractivity contribution in [3.8, 4) is 22.9 Å². The molecule has 0 atom stereocenters. The van der Waals surface area contributed by atoms with Crippen molar-refractivity contribution in [1.82, 2.24) is 5.32 Å². The quantitative estimate of drug-likeness (QED) is 0.868. The van der Waals surface area contributed by atoms with Crippen LogP contribution in [-0.2, 0) is 4.79 Å². The molecule has 0 saturated heterocycles. The van der Waals surface area contributed by atoms with Gasteiger partial charge in [-0.3, -0.25) is 4.79 Å². The average Bonchev–Trinajstić information content (AvgIpc) is 3.10. The fourth-order valence-electron chi connectivity index (χ4n) is 3.12. The third kappa shape index (κ3) is 4.12. The van der Waals surface area contributed by atoms with Gasteiger partial charge in [0.1, 0.15) is 11.3 Å². The lowest BCUT2D eigenvalue weighted by molar-refractivity contribution is -0.124. The molecular formula is C20H19ClN2O2. The van der Waals surface area contributed by atoms with Gasteiger partial charge in [0.2, 0.25) is 0 Å². The largest absolute Gasteiger partial charge is 0.482 e. The van der Waals surface area contributed by atoms with E-state index in [1.54, 1.807) is 6.07 Å². The van der Waals surface area contributed by atoms with Gasteiger partial charge in [-0.2, -0.15) is 5.26 Å². The van der Waals surface area contributed by atoms with E-state index in [2.05, 4.69) is 11.4 Å². The van der Waals surface area contributed by atoms with Crippen LogP contribution < -0.4 is 10.1 Å². The number of halogens is 1. The van der Waals surface area contributed by atoms with Crippen LogP contribution in [0, 0.1) is 11.3 Å². The highest BCUT2D eigenvalue weighted by molar-refractivity contribution is 6.32. The van der Waals surface area contributed by atoms with Gasteiger partial charge in [-0.1, -0.05) is 48.0 Å². The summed E-state index contributed by atoms with van der Waals surface area (Å²) in [6.45, 7) is -0.159. The minimum absolute atomic E-state index is 0.159. The Hall–Kier alpha value is -2.51. The Balaban J connectivity index is 1.62. The van der Waals surface area contributed by atoms with Gasteiger partial charge < -0.3 is 10.1 Å². The molecule has 0 radical (unpaired) electrons. The number of amides is 1. The molecule has 1 saturated carbocycles. The van der Waals surface area contributed by atoms with Crippen molar-refractivity contribution in [3.63, 3.8) is 0 Å². The van der Waals surface area contributed by atoms with Crippen molar-refractivity contribution in [2.75, 3.05) is 6.61 Å². The molecule has 25 heavy (non-hydrogen) atoms. The van der Waals surface area contributed by atoms with Gasteiger partial charge in [-0.25, -0.2) is 0 Å². The smallest absolute Gasteiger partial charge is 0.259 e. The SMILES string of the molecule is N#CC1(NC(=O)COc2ccc(-c3ccccc3)cc2Cl)CCCC1. The molecule has 3 rings (SSSR count). The molecule has 0 spiro atoms. The zero-order chi connectivity index (χ0) is 17.7. The van der Waals surface area contributed by atoms with Crippen molar-refractivity contribution in [1.29, 1.82) is 5.26 Å². The molecule has 1 amide bonds. The Bertz CT molecular complexity index is 793. The first-order chi connectivity index (χ1) is 12.1. The second-order valence-electron chi connectivity index (χ2n) is 6.25. The lowest BCUT2D eigenvalue weighted by atomic mass is 10.00. The van der Waals surface area contributed by atoms with Crippen LogP contribution in [0.5, 0.6) is 5.75 Å². The summed E-state index contributed by atoms with van der Waals surface area (Å²) in [6, 6.07) is 17.6. The van der Waals surface area contributed by atoms with Gasteiger partial charge in [0, 0.05) is 0 Å². The molecule has 1 N–H and O–H groups in total. The highest BCUT2D eigenvalue weighted by Crippen LogP contribution is 2.31. The van der Waals surface area contributed by atoms with E-state index in [9.17, 15) is 10.1 Å². The molecule has 5 heteroatoms. The molecule has 0 aromatic heterocycles. The second-order valence-corrected chi connectivity index (χ2v) is 6.66. The first-order valence-corrected chi connectivity index (χ1v) is 8.70. The number of hydrogen-bond donors (Lipinski definition) is 1. The minimum Gasteiger partial charge on any atom is -0.482 e. The van der Waals surface area contributed by atoms with Crippen molar-refractivity contribution in [3.05, 3.63) is 53.6 Å². The zero-order valence-corrected chi connectivity index (χ0v) is 14.6. The summed E-state index contributed by atoms with van der Waals surface area (Å²) in [5.74, 6) is 0.153. The first kappa shape index (κ1) is 17.3. The Labute approximate surface area is 152 Å². The van der Waals surface area contributed by atoms with Gasteiger partial charge in [0.25, 0.3) is 5.91 Å². The molecule has 2 aromatic carbocycles. The number of hydrogen-bond acceptors (Lipinski definition) is 3. The molecule has 4 nitrogen and oxygen atoms in total. The lowest BCUT2D eigenvalue weighted by Gasteiger charge is -2.22. The highest BCUT2D eigenvalue weighted by atomic mass is 35.5. The Morgan fingerprint density at radius 3 is 2.52 bits per heavy atom. The number of carbonyl (C=O) groups is 1. The fraction of sp³-hybridized carbons (Fsp3) is 0.300. The van der Waals surface area contributed by atoms with Gasteiger partial charge in [0.05, 0.1) is 11.1 Å². The van der Waals surface area contributed by atoms with E-state index in [0.29, 0.717) is 23.6 Å². The number of benzene rings is 2. The summed E-state index contributed by atoms with van der Waals surface area (Å²) >= 11 is 6.28. The summed E-state index contributed by atoms with van der Waals surface area (Å²) in [5.41, 5.74) is 1.31. The van der Waals surface area contributed by atoms with Crippen LogP contribution in [-0.4, -0.2) is 18.1 Å². The monoisotopic (exact) mass is 354 g/mol. The number of nitriles is 1. The maximum absolute atomic E-state index is 12.1. The van der Waals surface area contributed by atoms with Crippen LogP contribution in [0.2, 0.25) is 5.02 Å². The molecule has 1 aliphatic rings. The van der Waals surface area contributed by atoms with Crippen molar-refractivity contribution < 1.29 is 9.53 Å². The summed E-state index contributed by atoms with van der Waals surface area (Å²) in [4.78, 5) is 12.1. The van der Waals surface area contributed by atoms with Crippen LogP contribution in [0.1, 0.15) is 25.7 Å². The average molecular weight is 355 g/mol. The third-order valence-corrected chi connectivity index (χ3v) is 4.74. The van der Waals surface area contributed by atoms with E-state index in [0.717, 1.165) is 24.0 Å². The Kier molecular flexibility index (Phi) is 5.25. The molecule has 0 unspecified atom stereocenters. The number of ether oxygens (including phenoxy) is 1. The maximum Gasteiger partial charge on any atom is 0.259 e. The predicted molar refractivity (Wildman–Crippen MR) is 97.3 cm³/mol. The number of nitrogens with zero attached hydrogens (tertiary/aromatic N) is 1. The molecule has 1 fully saturated rings.